The third-order valence-electron chi connectivity index (χ3n) is 4.33. The predicted octanol–water partition coefficient (Wildman–Crippen LogP) is 2.75. The molecule has 0 unspecified atom stereocenters. The molecule has 0 spiro atoms. The normalized spacial score (nSPS) is 18.0. The van der Waals surface area contributed by atoms with Gasteiger partial charge in [-0.3, -0.25) is 4.79 Å². The quantitative estimate of drug-likeness (QED) is 0.831. The molecule has 4 rings (SSSR count). The summed E-state index contributed by atoms with van der Waals surface area (Å²) in [4.78, 5) is 19.1. The molecule has 1 N–H and O–H groups in total. The van der Waals surface area contributed by atoms with E-state index in [0.717, 1.165) is 47.4 Å². The number of hydrogen-bond donors (Lipinski definition) is 1. The Kier molecular flexibility index (Phi) is 7.11. The molecule has 6 nitrogen and oxygen atoms in total. The zero-order chi connectivity index (χ0) is 16.5. The maximum atomic E-state index is 12.5. The minimum atomic E-state index is 0. The van der Waals surface area contributed by atoms with Crippen molar-refractivity contribution in [2.75, 3.05) is 26.4 Å². The van der Waals surface area contributed by atoms with Crippen LogP contribution in [-0.4, -0.2) is 48.3 Å². The third-order valence-corrected chi connectivity index (χ3v) is 5.27. The van der Waals surface area contributed by atoms with Crippen LogP contribution in [0.2, 0.25) is 0 Å². The Bertz CT molecular complexity index is 771. The summed E-state index contributed by atoms with van der Waals surface area (Å²) in [5.74, 6) is 1.65. The SMILES string of the molecule is C[C@@H]1CNCCN1C(=O)Cc1csc(-c2ccc3c(c2)OCO3)n1.Cl.Cl. The van der Waals surface area contributed by atoms with E-state index in [0.29, 0.717) is 6.42 Å². The number of carbonyl (C=O) groups is 1. The van der Waals surface area contributed by atoms with E-state index in [4.69, 9.17) is 9.47 Å². The summed E-state index contributed by atoms with van der Waals surface area (Å²) in [6, 6.07) is 6.03. The highest BCUT2D eigenvalue weighted by Crippen LogP contribution is 2.36. The minimum Gasteiger partial charge on any atom is -0.454 e. The molecule has 142 valence electrons. The summed E-state index contributed by atoms with van der Waals surface area (Å²) in [5, 5.41) is 6.16. The molecule has 1 amide bonds. The molecule has 9 heteroatoms. The number of rotatable bonds is 3. The van der Waals surface area contributed by atoms with E-state index in [1.54, 1.807) is 11.3 Å². The second-order valence-electron chi connectivity index (χ2n) is 6.03. The molecule has 3 heterocycles. The number of carbonyl (C=O) groups excluding carboxylic acids is 1. The average Bonchev–Trinajstić information content (AvgIpc) is 3.23. The predicted molar refractivity (Wildman–Crippen MR) is 106 cm³/mol. The molecule has 1 atom stereocenters. The Hall–Kier alpha value is -1.54. The molecule has 2 aliphatic heterocycles. The molecular weight excluding hydrogens is 397 g/mol. The fourth-order valence-electron chi connectivity index (χ4n) is 3.02. The molecule has 0 saturated carbocycles. The van der Waals surface area contributed by atoms with E-state index in [-0.39, 0.29) is 43.6 Å². The van der Waals surface area contributed by atoms with Gasteiger partial charge in [0.2, 0.25) is 12.7 Å². The second kappa shape index (κ2) is 8.90. The fourth-order valence-corrected chi connectivity index (χ4v) is 3.84. The van der Waals surface area contributed by atoms with Gasteiger partial charge in [-0.1, -0.05) is 0 Å². The zero-order valence-corrected chi connectivity index (χ0v) is 16.7. The summed E-state index contributed by atoms with van der Waals surface area (Å²) in [5.41, 5.74) is 1.81. The number of thiazole rings is 1. The van der Waals surface area contributed by atoms with Gasteiger partial charge < -0.3 is 19.7 Å². The smallest absolute Gasteiger partial charge is 0.231 e. The lowest BCUT2D eigenvalue weighted by atomic mass is 10.2. The van der Waals surface area contributed by atoms with Crippen LogP contribution in [0.15, 0.2) is 23.6 Å². The standard InChI is InChI=1S/C17H19N3O3S.2ClH/c1-11-8-18-4-5-20(11)16(21)7-13-9-24-17(19-13)12-2-3-14-15(6-12)23-10-22-14;;/h2-3,6,9,11,18H,4-5,7-8,10H2,1H3;2*1H/t11-;;/m1../s1. The molecule has 26 heavy (non-hydrogen) atoms. The summed E-state index contributed by atoms with van der Waals surface area (Å²) >= 11 is 1.55. The van der Waals surface area contributed by atoms with Crippen molar-refractivity contribution >= 4 is 42.1 Å². The summed E-state index contributed by atoms with van der Waals surface area (Å²) in [6.45, 7) is 4.81. The van der Waals surface area contributed by atoms with Gasteiger partial charge in [0, 0.05) is 36.6 Å². The van der Waals surface area contributed by atoms with Crippen molar-refractivity contribution in [3.63, 3.8) is 0 Å². The number of halogens is 2. The maximum Gasteiger partial charge on any atom is 0.231 e. The molecule has 2 aromatic rings. The molecule has 1 aromatic heterocycles. The lowest BCUT2D eigenvalue weighted by Gasteiger charge is -2.33. The first-order chi connectivity index (χ1) is 11.7. The third kappa shape index (κ3) is 4.23. The van der Waals surface area contributed by atoms with Gasteiger partial charge in [0.05, 0.1) is 12.1 Å². The van der Waals surface area contributed by atoms with E-state index >= 15 is 0 Å². The van der Waals surface area contributed by atoms with Gasteiger partial charge in [0.25, 0.3) is 0 Å². The molecular formula is C17H21Cl2N3O3S. The lowest BCUT2D eigenvalue weighted by Crippen LogP contribution is -2.52. The van der Waals surface area contributed by atoms with Crippen LogP contribution in [0.25, 0.3) is 10.6 Å². The minimum absolute atomic E-state index is 0. The molecule has 1 saturated heterocycles. The van der Waals surface area contributed by atoms with Gasteiger partial charge in [-0.05, 0) is 25.1 Å². The molecule has 1 fully saturated rings. The van der Waals surface area contributed by atoms with Crippen molar-refractivity contribution in [2.45, 2.75) is 19.4 Å². The van der Waals surface area contributed by atoms with Crippen LogP contribution in [0.1, 0.15) is 12.6 Å². The molecule has 0 radical (unpaired) electrons. The number of nitrogens with zero attached hydrogens (tertiary/aromatic N) is 2. The first-order valence-corrected chi connectivity index (χ1v) is 8.93. The van der Waals surface area contributed by atoms with E-state index in [9.17, 15) is 4.79 Å². The molecule has 1 aromatic carbocycles. The topological polar surface area (TPSA) is 63.7 Å². The van der Waals surface area contributed by atoms with Crippen molar-refractivity contribution in [1.82, 2.24) is 15.2 Å². The average molecular weight is 418 g/mol. The van der Waals surface area contributed by atoms with Crippen molar-refractivity contribution in [1.29, 1.82) is 0 Å². The van der Waals surface area contributed by atoms with Gasteiger partial charge in [0.1, 0.15) is 5.01 Å². The number of hydrogen-bond acceptors (Lipinski definition) is 6. The van der Waals surface area contributed by atoms with Crippen molar-refractivity contribution in [3.8, 4) is 22.1 Å². The molecule has 2 aliphatic rings. The maximum absolute atomic E-state index is 12.5. The summed E-state index contributed by atoms with van der Waals surface area (Å²) in [6.07, 6.45) is 0.353. The van der Waals surface area contributed by atoms with Crippen molar-refractivity contribution < 1.29 is 14.3 Å². The highest BCUT2D eigenvalue weighted by molar-refractivity contribution is 7.13. The number of fused-ring (bicyclic) bond motifs is 1. The number of piperazine rings is 1. The van der Waals surface area contributed by atoms with Gasteiger partial charge >= 0.3 is 0 Å². The Morgan fingerprint density at radius 1 is 1.35 bits per heavy atom. The highest BCUT2D eigenvalue weighted by Gasteiger charge is 2.23. The van der Waals surface area contributed by atoms with Crippen LogP contribution in [0.3, 0.4) is 0 Å². The number of amides is 1. The Labute approximate surface area is 168 Å². The van der Waals surface area contributed by atoms with Crippen LogP contribution in [-0.2, 0) is 11.2 Å². The second-order valence-corrected chi connectivity index (χ2v) is 6.89. The summed E-state index contributed by atoms with van der Waals surface area (Å²) in [7, 11) is 0. The van der Waals surface area contributed by atoms with Gasteiger partial charge in [-0.2, -0.15) is 0 Å². The van der Waals surface area contributed by atoms with Crippen LogP contribution in [0, 0.1) is 0 Å². The fraction of sp³-hybridized carbons (Fsp3) is 0.412. The van der Waals surface area contributed by atoms with Crippen LogP contribution < -0.4 is 14.8 Å². The number of aromatic nitrogens is 1. The Morgan fingerprint density at radius 2 is 2.15 bits per heavy atom. The van der Waals surface area contributed by atoms with Gasteiger partial charge in [0.15, 0.2) is 11.5 Å². The Balaban J connectivity index is 0.00000121. The van der Waals surface area contributed by atoms with Crippen molar-refractivity contribution in [3.05, 3.63) is 29.3 Å². The van der Waals surface area contributed by atoms with E-state index in [2.05, 4.69) is 17.2 Å². The largest absolute Gasteiger partial charge is 0.454 e. The number of nitrogens with one attached hydrogen (secondary N) is 1. The number of benzene rings is 1. The van der Waals surface area contributed by atoms with Crippen LogP contribution in [0.4, 0.5) is 0 Å². The van der Waals surface area contributed by atoms with Crippen LogP contribution >= 0.6 is 36.2 Å². The monoisotopic (exact) mass is 417 g/mol. The number of ether oxygens (including phenoxy) is 2. The summed E-state index contributed by atoms with van der Waals surface area (Å²) < 4.78 is 10.7. The lowest BCUT2D eigenvalue weighted by molar-refractivity contribution is -0.133. The molecule has 0 bridgehead atoms. The van der Waals surface area contributed by atoms with Gasteiger partial charge in [-0.15, -0.1) is 36.2 Å². The van der Waals surface area contributed by atoms with E-state index in [1.807, 2.05) is 28.5 Å². The Morgan fingerprint density at radius 3 is 2.96 bits per heavy atom. The van der Waals surface area contributed by atoms with Crippen LogP contribution in [0.5, 0.6) is 11.5 Å². The van der Waals surface area contributed by atoms with E-state index in [1.165, 1.54) is 0 Å². The first-order valence-electron chi connectivity index (χ1n) is 8.05. The van der Waals surface area contributed by atoms with Crippen molar-refractivity contribution in [2.24, 2.45) is 0 Å². The van der Waals surface area contributed by atoms with Gasteiger partial charge in [-0.25, -0.2) is 4.98 Å². The zero-order valence-electron chi connectivity index (χ0n) is 14.3. The highest BCUT2D eigenvalue weighted by atomic mass is 35.5. The van der Waals surface area contributed by atoms with E-state index < -0.39 is 0 Å². The molecule has 0 aliphatic carbocycles. The first kappa shape index (κ1) is 20.8.